The summed E-state index contributed by atoms with van der Waals surface area (Å²) in [5.41, 5.74) is 7.75. The highest BCUT2D eigenvalue weighted by Crippen LogP contribution is 2.41. The molecule has 0 unspecified atom stereocenters. The molecule has 20 heavy (non-hydrogen) atoms. The molecule has 0 aromatic heterocycles. The SMILES string of the molecule is CC(C)(C)C1CCC(N)(Cc2cc(F)cc(Br)c2)CC1. The van der Waals surface area contributed by atoms with Crippen LogP contribution >= 0.6 is 15.9 Å². The topological polar surface area (TPSA) is 26.0 Å². The fourth-order valence-corrected chi connectivity index (χ4v) is 3.87. The highest BCUT2D eigenvalue weighted by atomic mass is 79.9. The van der Waals surface area contributed by atoms with Crippen LogP contribution in [0.3, 0.4) is 0 Å². The molecule has 1 aromatic rings. The average Bonchev–Trinajstić information content (AvgIpc) is 2.25. The molecule has 2 N–H and O–H groups in total. The zero-order valence-electron chi connectivity index (χ0n) is 12.7. The third-order valence-electron chi connectivity index (χ3n) is 4.68. The molecule has 1 nitrogen and oxygen atoms in total. The normalized spacial score (nSPS) is 27.6. The van der Waals surface area contributed by atoms with E-state index < -0.39 is 0 Å². The van der Waals surface area contributed by atoms with Crippen LogP contribution in [0.1, 0.15) is 52.0 Å². The molecule has 1 fully saturated rings. The Morgan fingerprint density at radius 2 is 1.85 bits per heavy atom. The van der Waals surface area contributed by atoms with Gasteiger partial charge in [-0.2, -0.15) is 0 Å². The van der Waals surface area contributed by atoms with Crippen LogP contribution in [0.2, 0.25) is 0 Å². The summed E-state index contributed by atoms with van der Waals surface area (Å²) in [5.74, 6) is 0.555. The third-order valence-corrected chi connectivity index (χ3v) is 5.14. The van der Waals surface area contributed by atoms with E-state index in [1.807, 2.05) is 6.07 Å². The van der Waals surface area contributed by atoms with Gasteiger partial charge in [0.05, 0.1) is 0 Å². The second kappa shape index (κ2) is 5.76. The Hall–Kier alpha value is -0.410. The van der Waals surface area contributed by atoms with E-state index in [0.717, 1.165) is 35.2 Å². The molecule has 2 rings (SSSR count). The molecule has 0 atom stereocenters. The minimum atomic E-state index is -0.193. The zero-order valence-corrected chi connectivity index (χ0v) is 14.3. The van der Waals surface area contributed by atoms with Gasteiger partial charge in [-0.3, -0.25) is 0 Å². The van der Waals surface area contributed by atoms with Crippen LogP contribution in [0.15, 0.2) is 22.7 Å². The summed E-state index contributed by atoms with van der Waals surface area (Å²) in [6.07, 6.45) is 5.18. The van der Waals surface area contributed by atoms with Gasteiger partial charge in [-0.1, -0.05) is 36.7 Å². The maximum absolute atomic E-state index is 13.5. The van der Waals surface area contributed by atoms with Crippen molar-refractivity contribution >= 4 is 15.9 Å². The smallest absolute Gasteiger partial charge is 0.124 e. The Labute approximate surface area is 130 Å². The van der Waals surface area contributed by atoms with Crippen molar-refractivity contribution in [3.8, 4) is 0 Å². The van der Waals surface area contributed by atoms with Gasteiger partial charge in [-0.15, -0.1) is 0 Å². The molecule has 1 aromatic carbocycles. The van der Waals surface area contributed by atoms with E-state index >= 15 is 0 Å². The monoisotopic (exact) mass is 341 g/mol. The van der Waals surface area contributed by atoms with E-state index in [9.17, 15) is 4.39 Å². The van der Waals surface area contributed by atoms with Gasteiger partial charge in [0.25, 0.3) is 0 Å². The van der Waals surface area contributed by atoms with Crippen LogP contribution in [0.5, 0.6) is 0 Å². The summed E-state index contributed by atoms with van der Waals surface area (Å²) in [6, 6.07) is 5.08. The van der Waals surface area contributed by atoms with Gasteiger partial charge in [0, 0.05) is 10.0 Å². The summed E-state index contributed by atoms with van der Waals surface area (Å²) in [7, 11) is 0. The minimum Gasteiger partial charge on any atom is -0.325 e. The second-order valence-electron chi connectivity index (χ2n) is 7.46. The molecular weight excluding hydrogens is 317 g/mol. The van der Waals surface area contributed by atoms with E-state index in [0.29, 0.717) is 5.41 Å². The van der Waals surface area contributed by atoms with Crippen molar-refractivity contribution in [2.24, 2.45) is 17.1 Å². The van der Waals surface area contributed by atoms with Crippen LogP contribution in [0, 0.1) is 17.2 Å². The van der Waals surface area contributed by atoms with Crippen molar-refractivity contribution in [2.45, 2.75) is 58.4 Å². The summed E-state index contributed by atoms with van der Waals surface area (Å²) < 4.78 is 14.2. The Morgan fingerprint density at radius 3 is 2.35 bits per heavy atom. The zero-order chi connectivity index (χ0) is 15.0. The van der Waals surface area contributed by atoms with Crippen molar-refractivity contribution in [3.05, 3.63) is 34.1 Å². The number of halogens is 2. The van der Waals surface area contributed by atoms with Crippen LogP contribution in [-0.4, -0.2) is 5.54 Å². The van der Waals surface area contributed by atoms with Crippen molar-refractivity contribution in [3.63, 3.8) is 0 Å². The maximum Gasteiger partial charge on any atom is 0.124 e. The molecule has 0 saturated heterocycles. The molecule has 0 amide bonds. The van der Waals surface area contributed by atoms with E-state index in [1.54, 1.807) is 6.07 Å². The molecule has 0 spiro atoms. The van der Waals surface area contributed by atoms with Crippen molar-refractivity contribution in [1.82, 2.24) is 0 Å². The van der Waals surface area contributed by atoms with Crippen molar-refractivity contribution < 1.29 is 4.39 Å². The Morgan fingerprint density at radius 1 is 1.25 bits per heavy atom. The Bertz CT molecular complexity index is 450. The molecule has 1 aliphatic rings. The van der Waals surface area contributed by atoms with Gasteiger partial charge >= 0.3 is 0 Å². The molecule has 0 radical (unpaired) electrons. The van der Waals surface area contributed by atoms with Gasteiger partial charge in [-0.05, 0) is 67.2 Å². The predicted octanol–water partition coefficient (Wildman–Crippen LogP) is 5.06. The lowest BCUT2D eigenvalue weighted by Gasteiger charge is -2.42. The first-order valence-corrected chi connectivity index (χ1v) is 8.21. The van der Waals surface area contributed by atoms with E-state index in [-0.39, 0.29) is 11.4 Å². The summed E-state index contributed by atoms with van der Waals surface area (Å²) in [4.78, 5) is 0. The molecule has 3 heteroatoms. The number of hydrogen-bond donors (Lipinski definition) is 1. The lowest BCUT2D eigenvalue weighted by atomic mass is 9.66. The van der Waals surface area contributed by atoms with Crippen molar-refractivity contribution in [1.29, 1.82) is 0 Å². The van der Waals surface area contributed by atoms with Gasteiger partial charge in [0.2, 0.25) is 0 Å². The maximum atomic E-state index is 13.5. The van der Waals surface area contributed by atoms with E-state index in [4.69, 9.17) is 5.73 Å². The number of rotatable bonds is 2. The highest BCUT2D eigenvalue weighted by molar-refractivity contribution is 9.10. The molecule has 0 bridgehead atoms. The molecule has 1 saturated carbocycles. The Kier molecular flexibility index (Phi) is 4.60. The minimum absolute atomic E-state index is 0.172. The quantitative estimate of drug-likeness (QED) is 0.798. The molecule has 0 aliphatic heterocycles. The fraction of sp³-hybridized carbons (Fsp3) is 0.647. The van der Waals surface area contributed by atoms with Crippen molar-refractivity contribution in [2.75, 3.05) is 0 Å². The van der Waals surface area contributed by atoms with E-state index in [2.05, 4.69) is 36.7 Å². The van der Waals surface area contributed by atoms with Gasteiger partial charge in [-0.25, -0.2) is 4.39 Å². The second-order valence-corrected chi connectivity index (χ2v) is 8.37. The lowest BCUT2D eigenvalue weighted by molar-refractivity contribution is 0.134. The largest absolute Gasteiger partial charge is 0.325 e. The lowest BCUT2D eigenvalue weighted by Crippen LogP contribution is -2.46. The molecule has 1 aliphatic carbocycles. The van der Waals surface area contributed by atoms with Gasteiger partial charge in [0.1, 0.15) is 5.82 Å². The van der Waals surface area contributed by atoms with Crippen LogP contribution in [0.25, 0.3) is 0 Å². The number of hydrogen-bond acceptors (Lipinski definition) is 1. The molecule has 0 heterocycles. The fourth-order valence-electron chi connectivity index (χ4n) is 3.36. The van der Waals surface area contributed by atoms with Crippen LogP contribution in [0.4, 0.5) is 4.39 Å². The summed E-state index contributed by atoms with van der Waals surface area (Å²) in [5, 5.41) is 0. The predicted molar refractivity (Wildman–Crippen MR) is 86.1 cm³/mol. The molecular formula is C17H25BrFN. The van der Waals surface area contributed by atoms with Gasteiger partial charge in [0.15, 0.2) is 0 Å². The van der Waals surface area contributed by atoms with Crippen LogP contribution < -0.4 is 5.73 Å². The first-order chi connectivity index (χ1) is 9.18. The van der Waals surface area contributed by atoms with Crippen LogP contribution in [-0.2, 0) is 6.42 Å². The first kappa shape index (κ1) is 16.0. The third kappa shape index (κ3) is 4.05. The van der Waals surface area contributed by atoms with E-state index in [1.165, 1.54) is 18.9 Å². The number of nitrogens with two attached hydrogens (primary N) is 1. The number of benzene rings is 1. The standard InChI is InChI=1S/C17H25BrFN/c1-16(2,3)13-4-6-17(20,7-5-13)11-12-8-14(18)10-15(19)9-12/h8-10,13H,4-7,11,20H2,1-3H3. The van der Waals surface area contributed by atoms with Gasteiger partial charge < -0.3 is 5.73 Å². The summed E-state index contributed by atoms with van der Waals surface area (Å²) in [6.45, 7) is 6.93. The Balaban J connectivity index is 2.03. The highest BCUT2D eigenvalue weighted by Gasteiger charge is 2.36. The average molecular weight is 342 g/mol. The first-order valence-electron chi connectivity index (χ1n) is 7.42. The summed E-state index contributed by atoms with van der Waals surface area (Å²) >= 11 is 3.35. The molecule has 112 valence electrons.